The molecule has 0 aromatic heterocycles. The summed E-state index contributed by atoms with van der Waals surface area (Å²) >= 11 is 0. The predicted molar refractivity (Wildman–Crippen MR) is 50.6 cm³/mol. The molecule has 0 fully saturated rings. The van der Waals surface area contributed by atoms with Gasteiger partial charge in [0, 0.05) is 0 Å². The second-order valence-corrected chi connectivity index (χ2v) is 2.72. The first-order valence-electron chi connectivity index (χ1n) is 3.90. The number of nitrogens with zero attached hydrogens (tertiary/aromatic N) is 1. The summed E-state index contributed by atoms with van der Waals surface area (Å²) < 4.78 is 0. The van der Waals surface area contributed by atoms with Crippen LogP contribution in [0.15, 0.2) is 30.8 Å². The van der Waals surface area contributed by atoms with Gasteiger partial charge < -0.3 is 0 Å². The third-order valence-corrected chi connectivity index (χ3v) is 1.87. The van der Waals surface area contributed by atoms with Crippen molar-refractivity contribution >= 4 is 6.08 Å². The highest BCUT2D eigenvalue weighted by Crippen LogP contribution is 2.14. The van der Waals surface area contributed by atoms with Crippen LogP contribution >= 0.6 is 0 Å². The molecule has 1 nitrogen and oxygen atoms in total. The van der Waals surface area contributed by atoms with Crippen LogP contribution in [0.5, 0.6) is 0 Å². The smallest absolute Gasteiger partial charge is 0.0700 e. The van der Waals surface area contributed by atoms with E-state index in [4.69, 9.17) is 5.26 Å². The summed E-state index contributed by atoms with van der Waals surface area (Å²) in [4.78, 5) is 0. The third-order valence-electron chi connectivity index (χ3n) is 1.87. The fraction of sp³-hybridized carbons (Fsp3) is 0.182. The van der Waals surface area contributed by atoms with Crippen LogP contribution < -0.4 is 0 Å². The van der Waals surface area contributed by atoms with Crippen molar-refractivity contribution in [2.75, 3.05) is 0 Å². The third kappa shape index (κ3) is 1.73. The molecule has 0 aliphatic heterocycles. The molecule has 0 amide bonds. The minimum absolute atomic E-state index is 0.0242. The van der Waals surface area contributed by atoms with Crippen molar-refractivity contribution < 1.29 is 0 Å². The Morgan fingerprint density at radius 2 is 2.00 bits per heavy atom. The van der Waals surface area contributed by atoms with Crippen molar-refractivity contribution in [3.8, 4) is 6.07 Å². The highest BCUT2D eigenvalue weighted by Gasteiger charge is 2.01. The summed E-state index contributed by atoms with van der Waals surface area (Å²) in [5.74, 6) is -0.0242. The van der Waals surface area contributed by atoms with Gasteiger partial charge in [-0.25, -0.2) is 0 Å². The molecule has 0 N–H and O–H groups in total. The number of benzene rings is 1. The molecule has 1 aromatic rings. The van der Waals surface area contributed by atoms with Crippen molar-refractivity contribution in [2.45, 2.75) is 12.8 Å². The van der Waals surface area contributed by atoms with Crippen molar-refractivity contribution in [2.24, 2.45) is 0 Å². The zero-order valence-corrected chi connectivity index (χ0v) is 7.12. The van der Waals surface area contributed by atoms with Gasteiger partial charge in [0.05, 0.1) is 12.0 Å². The zero-order chi connectivity index (χ0) is 8.97. The maximum Gasteiger partial charge on any atom is 0.0700 e. The van der Waals surface area contributed by atoms with Gasteiger partial charge in [-0.15, -0.1) is 0 Å². The van der Waals surface area contributed by atoms with Gasteiger partial charge in [-0.3, -0.25) is 0 Å². The van der Waals surface area contributed by atoms with E-state index >= 15 is 0 Å². The van der Waals surface area contributed by atoms with Crippen molar-refractivity contribution in [1.82, 2.24) is 0 Å². The molecule has 1 rings (SSSR count). The Labute approximate surface area is 73.0 Å². The molecule has 0 heterocycles. The Bertz CT molecular complexity index is 303. The zero-order valence-electron chi connectivity index (χ0n) is 7.12. The Kier molecular flexibility index (Phi) is 2.66. The fourth-order valence-corrected chi connectivity index (χ4v) is 0.995. The van der Waals surface area contributed by atoms with Crippen molar-refractivity contribution in [3.63, 3.8) is 0 Å². The normalized spacial score (nSPS) is 11.7. The highest BCUT2D eigenvalue weighted by molar-refractivity contribution is 5.47. The highest BCUT2D eigenvalue weighted by atomic mass is 14.3. The van der Waals surface area contributed by atoms with Gasteiger partial charge in [-0.2, -0.15) is 5.26 Å². The van der Waals surface area contributed by atoms with E-state index in [0.29, 0.717) is 0 Å². The predicted octanol–water partition coefficient (Wildman–Crippen LogP) is 2.96. The maximum absolute atomic E-state index is 8.64. The molecule has 0 spiro atoms. The molecule has 1 aromatic carbocycles. The molecule has 1 unspecified atom stereocenters. The topological polar surface area (TPSA) is 23.8 Å². The molecule has 12 heavy (non-hydrogen) atoms. The lowest BCUT2D eigenvalue weighted by Crippen LogP contribution is -1.88. The average Bonchev–Trinajstić information content (AvgIpc) is 2.17. The second-order valence-electron chi connectivity index (χ2n) is 2.72. The number of hydrogen-bond donors (Lipinski definition) is 0. The lowest BCUT2D eigenvalue weighted by Gasteiger charge is -2.01. The number of hydrogen-bond acceptors (Lipinski definition) is 1. The standard InChI is InChI=1S/C11H11N/c1-3-10-4-6-11(7-5-10)9(2)8-12/h3-7,9H,1H2,2H3. The van der Waals surface area contributed by atoms with Gasteiger partial charge in [0.15, 0.2) is 0 Å². The molecule has 1 atom stereocenters. The van der Waals surface area contributed by atoms with Gasteiger partial charge >= 0.3 is 0 Å². The molecule has 0 aliphatic rings. The molecule has 1 heteroatoms. The first-order chi connectivity index (χ1) is 5.77. The van der Waals surface area contributed by atoms with Gasteiger partial charge in [0.1, 0.15) is 0 Å². The van der Waals surface area contributed by atoms with Gasteiger partial charge in [-0.05, 0) is 18.1 Å². The summed E-state index contributed by atoms with van der Waals surface area (Å²) in [5, 5.41) is 8.64. The molecule has 0 saturated carbocycles. The van der Waals surface area contributed by atoms with Crippen LogP contribution in [0.4, 0.5) is 0 Å². The molecular formula is C11H11N. The monoisotopic (exact) mass is 157 g/mol. The molecular weight excluding hydrogens is 146 g/mol. The van der Waals surface area contributed by atoms with Crippen LogP contribution in [-0.4, -0.2) is 0 Å². The summed E-state index contributed by atoms with van der Waals surface area (Å²) in [6.45, 7) is 5.55. The second kappa shape index (κ2) is 3.73. The largest absolute Gasteiger partial charge is 0.198 e. The molecule has 0 bridgehead atoms. The van der Waals surface area contributed by atoms with Crippen LogP contribution in [0.25, 0.3) is 6.08 Å². The van der Waals surface area contributed by atoms with Gasteiger partial charge in [0.2, 0.25) is 0 Å². The van der Waals surface area contributed by atoms with Gasteiger partial charge in [0.25, 0.3) is 0 Å². The summed E-state index contributed by atoms with van der Waals surface area (Å²) in [7, 11) is 0. The molecule has 0 saturated heterocycles. The van der Waals surface area contributed by atoms with Crippen LogP contribution in [0.2, 0.25) is 0 Å². The maximum atomic E-state index is 8.64. The minimum Gasteiger partial charge on any atom is -0.198 e. The Balaban J connectivity index is 2.93. The lowest BCUT2D eigenvalue weighted by atomic mass is 10.0. The summed E-state index contributed by atoms with van der Waals surface area (Å²) in [6.07, 6.45) is 1.79. The van der Waals surface area contributed by atoms with Crippen LogP contribution in [0, 0.1) is 11.3 Å². The van der Waals surface area contributed by atoms with Crippen LogP contribution in [0.1, 0.15) is 24.0 Å². The van der Waals surface area contributed by atoms with Gasteiger partial charge in [-0.1, -0.05) is 36.9 Å². The van der Waals surface area contributed by atoms with Crippen molar-refractivity contribution in [1.29, 1.82) is 5.26 Å². The number of nitriles is 1. The Hall–Kier alpha value is -1.55. The van der Waals surface area contributed by atoms with Crippen LogP contribution in [-0.2, 0) is 0 Å². The van der Waals surface area contributed by atoms with Crippen LogP contribution in [0.3, 0.4) is 0 Å². The minimum atomic E-state index is -0.0242. The quantitative estimate of drug-likeness (QED) is 0.647. The summed E-state index contributed by atoms with van der Waals surface area (Å²) in [5.41, 5.74) is 2.15. The van der Waals surface area contributed by atoms with E-state index in [2.05, 4.69) is 12.6 Å². The number of rotatable bonds is 2. The van der Waals surface area contributed by atoms with E-state index in [0.717, 1.165) is 11.1 Å². The van der Waals surface area contributed by atoms with E-state index in [9.17, 15) is 0 Å². The van der Waals surface area contributed by atoms with E-state index < -0.39 is 0 Å². The Morgan fingerprint density at radius 3 is 2.42 bits per heavy atom. The average molecular weight is 157 g/mol. The van der Waals surface area contributed by atoms with Crippen molar-refractivity contribution in [3.05, 3.63) is 42.0 Å². The first kappa shape index (κ1) is 8.55. The molecule has 0 radical (unpaired) electrons. The lowest BCUT2D eigenvalue weighted by molar-refractivity contribution is 0.982. The Morgan fingerprint density at radius 1 is 1.42 bits per heavy atom. The molecule has 60 valence electrons. The van der Waals surface area contributed by atoms with E-state index in [1.165, 1.54) is 0 Å². The molecule has 0 aliphatic carbocycles. The van der Waals surface area contributed by atoms with E-state index in [1.807, 2.05) is 31.2 Å². The SMILES string of the molecule is C=Cc1ccc(C(C)C#N)cc1. The summed E-state index contributed by atoms with van der Waals surface area (Å²) in [6, 6.07) is 10.1. The van der Waals surface area contributed by atoms with E-state index in [-0.39, 0.29) is 5.92 Å². The van der Waals surface area contributed by atoms with E-state index in [1.54, 1.807) is 6.08 Å². The first-order valence-corrected chi connectivity index (χ1v) is 3.90. The fourth-order valence-electron chi connectivity index (χ4n) is 0.995.